The highest BCUT2D eigenvalue weighted by Crippen LogP contribution is 2.17. The summed E-state index contributed by atoms with van der Waals surface area (Å²) in [6.45, 7) is 8.41. The van der Waals surface area contributed by atoms with Gasteiger partial charge in [-0.15, -0.1) is 0 Å². The van der Waals surface area contributed by atoms with Crippen molar-refractivity contribution in [3.8, 4) is 0 Å². The molecule has 23 heavy (non-hydrogen) atoms. The summed E-state index contributed by atoms with van der Waals surface area (Å²) in [6, 6.07) is 1.89. The topological polar surface area (TPSA) is 50.6 Å². The molecule has 128 valence electrons. The van der Waals surface area contributed by atoms with Gasteiger partial charge in [-0.2, -0.15) is 5.10 Å². The fraction of sp³-hybridized carbons (Fsp3) is 0.765. The molecular formula is C17H28N4O2. The van der Waals surface area contributed by atoms with Crippen molar-refractivity contribution in [2.45, 2.75) is 26.2 Å². The van der Waals surface area contributed by atoms with Crippen LogP contribution in [0.5, 0.6) is 0 Å². The second kappa shape index (κ2) is 7.45. The van der Waals surface area contributed by atoms with Gasteiger partial charge in [-0.3, -0.25) is 9.48 Å². The van der Waals surface area contributed by atoms with Crippen LogP contribution in [0.4, 0.5) is 0 Å². The van der Waals surface area contributed by atoms with Crippen LogP contribution in [-0.4, -0.2) is 71.4 Å². The largest absolute Gasteiger partial charge is 0.381 e. The van der Waals surface area contributed by atoms with Gasteiger partial charge in [0.15, 0.2) is 0 Å². The van der Waals surface area contributed by atoms with Gasteiger partial charge in [0, 0.05) is 39.2 Å². The van der Waals surface area contributed by atoms with Crippen molar-refractivity contribution in [2.24, 2.45) is 13.0 Å². The number of aromatic nitrogens is 2. The summed E-state index contributed by atoms with van der Waals surface area (Å²) < 4.78 is 7.18. The Morgan fingerprint density at radius 1 is 1.43 bits per heavy atom. The molecule has 0 bridgehead atoms. The molecule has 0 N–H and O–H groups in total. The van der Waals surface area contributed by atoms with Gasteiger partial charge in [0.25, 0.3) is 5.91 Å². The normalized spacial score (nSPS) is 21.9. The summed E-state index contributed by atoms with van der Waals surface area (Å²) in [6.07, 6.45) is 3.62. The highest BCUT2D eigenvalue weighted by atomic mass is 16.5. The Hall–Kier alpha value is -1.40. The first-order chi connectivity index (χ1) is 11.1. The predicted octanol–water partition coefficient (Wildman–Crippen LogP) is 1.30. The number of likely N-dealkylation sites (tertiary alicyclic amines) is 1. The van der Waals surface area contributed by atoms with E-state index in [1.54, 1.807) is 4.68 Å². The predicted molar refractivity (Wildman–Crippen MR) is 88.4 cm³/mol. The molecule has 2 fully saturated rings. The average Bonchev–Trinajstić information content (AvgIpc) is 3.25. The summed E-state index contributed by atoms with van der Waals surface area (Å²) in [7, 11) is 1.84. The Bertz CT molecular complexity index is 531. The molecule has 2 aliphatic heterocycles. The van der Waals surface area contributed by atoms with E-state index in [1.807, 2.05) is 24.9 Å². The van der Waals surface area contributed by atoms with E-state index in [0.717, 1.165) is 45.0 Å². The minimum atomic E-state index is 0.0965. The number of nitrogens with zero attached hydrogens (tertiary/aromatic N) is 4. The van der Waals surface area contributed by atoms with Gasteiger partial charge in [0.05, 0.1) is 12.3 Å². The monoisotopic (exact) mass is 320 g/mol. The number of ether oxygens (including phenoxy) is 1. The Balaban J connectivity index is 1.67. The second-order valence-corrected chi connectivity index (χ2v) is 6.82. The van der Waals surface area contributed by atoms with Crippen LogP contribution in [0.15, 0.2) is 6.07 Å². The van der Waals surface area contributed by atoms with Gasteiger partial charge in [-0.25, -0.2) is 0 Å². The summed E-state index contributed by atoms with van der Waals surface area (Å²) in [4.78, 5) is 17.4. The van der Waals surface area contributed by atoms with Gasteiger partial charge < -0.3 is 14.5 Å². The SMILES string of the molecule is Cc1cc(C(=O)N(CCN2CCCC2)CC2CCOC2)n(C)n1. The third kappa shape index (κ3) is 4.12. The third-order valence-corrected chi connectivity index (χ3v) is 4.90. The lowest BCUT2D eigenvalue weighted by Crippen LogP contribution is -2.41. The number of hydrogen-bond donors (Lipinski definition) is 0. The molecule has 1 aromatic rings. The van der Waals surface area contributed by atoms with Crippen LogP contribution in [0, 0.1) is 12.8 Å². The Morgan fingerprint density at radius 3 is 2.83 bits per heavy atom. The number of carbonyl (C=O) groups excluding carboxylic acids is 1. The highest BCUT2D eigenvalue weighted by molar-refractivity contribution is 5.92. The summed E-state index contributed by atoms with van der Waals surface area (Å²) in [5.41, 5.74) is 1.57. The molecule has 6 heteroatoms. The molecule has 0 spiro atoms. The first-order valence-corrected chi connectivity index (χ1v) is 8.73. The molecule has 6 nitrogen and oxygen atoms in total. The Labute approximate surface area is 138 Å². The molecule has 1 amide bonds. The van der Waals surface area contributed by atoms with E-state index in [-0.39, 0.29) is 5.91 Å². The smallest absolute Gasteiger partial charge is 0.272 e. The standard InChI is InChI=1S/C17H28N4O2/c1-14-11-16(19(2)18-14)17(22)21(12-15-5-10-23-13-15)9-8-20-6-3-4-7-20/h11,15H,3-10,12-13H2,1-2H3. The van der Waals surface area contributed by atoms with Crippen molar-refractivity contribution < 1.29 is 9.53 Å². The summed E-state index contributed by atoms with van der Waals surface area (Å²) in [5, 5.41) is 4.32. The van der Waals surface area contributed by atoms with E-state index < -0.39 is 0 Å². The first-order valence-electron chi connectivity index (χ1n) is 8.73. The average molecular weight is 320 g/mol. The quantitative estimate of drug-likeness (QED) is 0.793. The lowest BCUT2D eigenvalue weighted by atomic mass is 10.1. The molecule has 1 atom stereocenters. The lowest BCUT2D eigenvalue weighted by Gasteiger charge is -2.27. The maximum absolute atomic E-state index is 13.0. The summed E-state index contributed by atoms with van der Waals surface area (Å²) in [5.74, 6) is 0.561. The van der Waals surface area contributed by atoms with Gasteiger partial charge in [0.1, 0.15) is 5.69 Å². The number of amides is 1. The summed E-state index contributed by atoms with van der Waals surface area (Å²) >= 11 is 0. The molecule has 0 aromatic carbocycles. The van der Waals surface area contributed by atoms with Crippen LogP contribution in [0.2, 0.25) is 0 Å². The van der Waals surface area contributed by atoms with Crippen LogP contribution in [0.1, 0.15) is 35.4 Å². The number of carbonyl (C=O) groups is 1. The van der Waals surface area contributed by atoms with E-state index in [9.17, 15) is 4.79 Å². The van der Waals surface area contributed by atoms with E-state index in [4.69, 9.17) is 4.74 Å². The molecule has 2 aliphatic rings. The van der Waals surface area contributed by atoms with Crippen molar-refractivity contribution in [2.75, 3.05) is 45.9 Å². The minimum Gasteiger partial charge on any atom is -0.381 e. The van der Waals surface area contributed by atoms with Crippen LogP contribution in [0.25, 0.3) is 0 Å². The number of aryl methyl sites for hydroxylation is 2. The van der Waals surface area contributed by atoms with E-state index in [1.165, 1.54) is 25.9 Å². The van der Waals surface area contributed by atoms with Crippen molar-refractivity contribution in [1.82, 2.24) is 19.6 Å². The van der Waals surface area contributed by atoms with Crippen LogP contribution < -0.4 is 0 Å². The van der Waals surface area contributed by atoms with Crippen molar-refractivity contribution in [3.05, 3.63) is 17.5 Å². The van der Waals surface area contributed by atoms with E-state index >= 15 is 0 Å². The van der Waals surface area contributed by atoms with E-state index in [0.29, 0.717) is 11.6 Å². The van der Waals surface area contributed by atoms with Crippen molar-refractivity contribution in [3.63, 3.8) is 0 Å². The highest BCUT2D eigenvalue weighted by Gasteiger charge is 2.26. The van der Waals surface area contributed by atoms with Crippen LogP contribution in [-0.2, 0) is 11.8 Å². The molecule has 1 unspecified atom stereocenters. The molecule has 2 saturated heterocycles. The van der Waals surface area contributed by atoms with Gasteiger partial charge >= 0.3 is 0 Å². The molecule has 3 heterocycles. The van der Waals surface area contributed by atoms with Crippen molar-refractivity contribution in [1.29, 1.82) is 0 Å². The Morgan fingerprint density at radius 2 is 2.22 bits per heavy atom. The van der Waals surface area contributed by atoms with Crippen LogP contribution >= 0.6 is 0 Å². The maximum atomic E-state index is 13.0. The zero-order chi connectivity index (χ0) is 16.2. The molecule has 0 aliphatic carbocycles. The van der Waals surface area contributed by atoms with E-state index in [2.05, 4.69) is 10.00 Å². The maximum Gasteiger partial charge on any atom is 0.272 e. The second-order valence-electron chi connectivity index (χ2n) is 6.82. The lowest BCUT2D eigenvalue weighted by molar-refractivity contribution is 0.0692. The molecular weight excluding hydrogens is 292 g/mol. The van der Waals surface area contributed by atoms with Gasteiger partial charge in [-0.05, 0) is 45.3 Å². The minimum absolute atomic E-state index is 0.0965. The van der Waals surface area contributed by atoms with Crippen LogP contribution in [0.3, 0.4) is 0 Å². The fourth-order valence-corrected chi connectivity index (χ4v) is 3.56. The van der Waals surface area contributed by atoms with Crippen molar-refractivity contribution >= 4 is 5.91 Å². The number of hydrogen-bond acceptors (Lipinski definition) is 4. The first kappa shape index (κ1) is 16.5. The zero-order valence-corrected chi connectivity index (χ0v) is 14.3. The van der Waals surface area contributed by atoms with Gasteiger partial charge in [-0.1, -0.05) is 0 Å². The molecule has 0 saturated carbocycles. The number of rotatable bonds is 6. The zero-order valence-electron chi connectivity index (χ0n) is 14.3. The fourth-order valence-electron chi connectivity index (χ4n) is 3.56. The molecule has 0 radical (unpaired) electrons. The van der Waals surface area contributed by atoms with Gasteiger partial charge in [0.2, 0.25) is 0 Å². The molecule has 1 aromatic heterocycles. The Kier molecular flexibility index (Phi) is 5.33. The third-order valence-electron chi connectivity index (χ3n) is 4.90. The molecule has 3 rings (SSSR count).